The Hall–Kier alpha value is -2.66. The predicted molar refractivity (Wildman–Crippen MR) is 89.3 cm³/mol. The average molecular weight is 330 g/mol. The van der Waals surface area contributed by atoms with Gasteiger partial charge in [-0.3, -0.25) is 0 Å². The highest BCUT2D eigenvalue weighted by Crippen LogP contribution is 2.22. The summed E-state index contributed by atoms with van der Waals surface area (Å²) < 4.78 is 28.5. The molecule has 0 aromatic heterocycles. The zero-order valence-electron chi connectivity index (χ0n) is 13.2. The summed E-state index contributed by atoms with van der Waals surface area (Å²) in [4.78, 5) is 10.8. The second-order valence-corrected chi connectivity index (χ2v) is 4.86. The third kappa shape index (κ3) is 5.85. The molecule has 4 nitrogen and oxygen atoms in total. The van der Waals surface area contributed by atoms with Gasteiger partial charge in [0, 0.05) is 6.08 Å². The van der Waals surface area contributed by atoms with E-state index in [1.54, 1.807) is 12.1 Å². The molecule has 0 saturated heterocycles. The van der Waals surface area contributed by atoms with Crippen LogP contribution in [0, 0.1) is 5.82 Å². The molecule has 0 aliphatic carbocycles. The van der Waals surface area contributed by atoms with Gasteiger partial charge < -0.3 is 14.2 Å². The van der Waals surface area contributed by atoms with Crippen LogP contribution in [0.1, 0.15) is 0 Å². The number of hydrogen-bond donors (Lipinski definition) is 0. The summed E-state index contributed by atoms with van der Waals surface area (Å²) in [6, 6.07) is 13.9. The maximum Gasteiger partial charge on any atom is 0.330 e. The standard InChI is InChI=1S/C19H19FO4/c1-2-19(21)24-14-12-22-11-13-23-18-9-5-16(6-10-18)15-3-7-17(20)8-4-15/h2-10H,1,11-14H2. The Kier molecular flexibility index (Phi) is 6.98. The summed E-state index contributed by atoms with van der Waals surface area (Å²) in [6.45, 7) is 4.59. The fraction of sp³-hybridized carbons (Fsp3) is 0.211. The summed E-state index contributed by atoms with van der Waals surface area (Å²) in [5.41, 5.74) is 1.93. The first-order valence-corrected chi connectivity index (χ1v) is 7.55. The second-order valence-electron chi connectivity index (χ2n) is 4.86. The lowest BCUT2D eigenvalue weighted by Gasteiger charge is -2.08. The van der Waals surface area contributed by atoms with Gasteiger partial charge >= 0.3 is 5.97 Å². The van der Waals surface area contributed by atoms with Crippen LogP contribution in [0.25, 0.3) is 11.1 Å². The molecule has 0 bridgehead atoms. The van der Waals surface area contributed by atoms with Crippen LogP contribution in [0.2, 0.25) is 0 Å². The van der Waals surface area contributed by atoms with Gasteiger partial charge in [-0.25, -0.2) is 9.18 Å². The fourth-order valence-corrected chi connectivity index (χ4v) is 1.97. The summed E-state index contributed by atoms with van der Waals surface area (Å²) >= 11 is 0. The molecular formula is C19H19FO4. The van der Waals surface area contributed by atoms with Crippen molar-refractivity contribution in [1.29, 1.82) is 0 Å². The third-order valence-corrected chi connectivity index (χ3v) is 3.17. The molecule has 0 aliphatic heterocycles. The van der Waals surface area contributed by atoms with Crippen LogP contribution in [0.5, 0.6) is 5.75 Å². The van der Waals surface area contributed by atoms with Gasteiger partial charge in [-0.15, -0.1) is 0 Å². The molecule has 0 aliphatic rings. The normalized spacial score (nSPS) is 10.2. The number of ether oxygens (including phenoxy) is 3. The molecule has 24 heavy (non-hydrogen) atoms. The zero-order chi connectivity index (χ0) is 17.2. The molecule has 5 heteroatoms. The maximum atomic E-state index is 12.9. The smallest absolute Gasteiger partial charge is 0.330 e. The van der Waals surface area contributed by atoms with Crippen LogP contribution >= 0.6 is 0 Å². The molecule has 126 valence electrons. The molecule has 0 fully saturated rings. The molecule has 0 spiro atoms. The first kappa shape index (κ1) is 17.7. The topological polar surface area (TPSA) is 44.8 Å². The number of esters is 1. The molecule has 2 aromatic rings. The van der Waals surface area contributed by atoms with Gasteiger partial charge in [-0.2, -0.15) is 0 Å². The van der Waals surface area contributed by atoms with Crippen molar-refractivity contribution in [3.05, 3.63) is 67.0 Å². The minimum Gasteiger partial charge on any atom is -0.491 e. The van der Waals surface area contributed by atoms with Gasteiger partial charge in [0.05, 0.1) is 13.2 Å². The van der Waals surface area contributed by atoms with Gasteiger partial charge in [0.25, 0.3) is 0 Å². The van der Waals surface area contributed by atoms with Crippen LogP contribution in [0.4, 0.5) is 4.39 Å². The predicted octanol–water partition coefficient (Wildman–Crippen LogP) is 3.62. The molecule has 0 radical (unpaired) electrons. The van der Waals surface area contributed by atoms with E-state index in [0.29, 0.717) is 19.8 Å². The molecule has 0 N–H and O–H groups in total. The lowest BCUT2D eigenvalue weighted by molar-refractivity contribution is -0.139. The van der Waals surface area contributed by atoms with Crippen molar-refractivity contribution in [3.63, 3.8) is 0 Å². The highest BCUT2D eigenvalue weighted by molar-refractivity contribution is 5.81. The Balaban J connectivity index is 1.68. The van der Waals surface area contributed by atoms with E-state index in [9.17, 15) is 9.18 Å². The number of carbonyl (C=O) groups excluding carboxylic acids is 1. The van der Waals surface area contributed by atoms with Gasteiger partial charge in [-0.05, 0) is 35.4 Å². The number of hydrogen-bond acceptors (Lipinski definition) is 4. The Labute approximate surface area is 140 Å². The lowest BCUT2D eigenvalue weighted by atomic mass is 10.1. The Morgan fingerprint density at radius 2 is 1.50 bits per heavy atom. The number of benzene rings is 2. The monoisotopic (exact) mass is 330 g/mol. The Bertz CT molecular complexity index is 650. The Morgan fingerprint density at radius 3 is 2.12 bits per heavy atom. The van der Waals surface area contributed by atoms with Crippen molar-refractivity contribution in [3.8, 4) is 16.9 Å². The Morgan fingerprint density at radius 1 is 0.917 bits per heavy atom. The van der Waals surface area contributed by atoms with E-state index in [-0.39, 0.29) is 12.4 Å². The van der Waals surface area contributed by atoms with E-state index >= 15 is 0 Å². The second kappa shape index (κ2) is 9.47. The first-order valence-electron chi connectivity index (χ1n) is 7.55. The van der Waals surface area contributed by atoms with E-state index in [2.05, 4.69) is 6.58 Å². The van der Waals surface area contributed by atoms with Gasteiger partial charge in [0.2, 0.25) is 0 Å². The highest BCUT2D eigenvalue weighted by Gasteiger charge is 2.00. The molecule has 0 amide bonds. The molecule has 0 atom stereocenters. The lowest BCUT2D eigenvalue weighted by Crippen LogP contribution is -2.12. The molecule has 0 saturated carbocycles. The van der Waals surface area contributed by atoms with Gasteiger partial charge in [-0.1, -0.05) is 30.8 Å². The summed E-state index contributed by atoms with van der Waals surface area (Å²) in [7, 11) is 0. The summed E-state index contributed by atoms with van der Waals surface area (Å²) in [5, 5.41) is 0. The summed E-state index contributed by atoms with van der Waals surface area (Å²) in [5.74, 6) is 0.0107. The maximum absolute atomic E-state index is 12.9. The van der Waals surface area contributed by atoms with E-state index in [0.717, 1.165) is 23.0 Å². The van der Waals surface area contributed by atoms with E-state index in [1.807, 2.05) is 24.3 Å². The molecule has 0 heterocycles. The van der Waals surface area contributed by atoms with Crippen molar-refractivity contribution in [2.24, 2.45) is 0 Å². The van der Waals surface area contributed by atoms with Gasteiger partial charge in [0.1, 0.15) is 24.8 Å². The van der Waals surface area contributed by atoms with E-state index in [4.69, 9.17) is 14.2 Å². The number of rotatable bonds is 9. The SMILES string of the molecule is C=CC(=O)OCCOCCOc1ccc(-c2ccc(F)cc2)cc1. The quantitative estimate of drug-likeness (QED) is 0.400. The van der Waals surface area contributed by atoms with Crippen molar-refractivity contribution in [2.45, 2.75) is 0 Å². The van der Waals surface area contributed by atoms with Crippen LogP contribution in [-0.2, 0) is 14.3 Å². The number of halogens is 1. The fourth-order valence-electron chi connectivity index (χ4n) is 1.97. The van der Waals surface area contributed by atoms with Crippen molar-refractivity contribution in [1.82, 2.24) is 0 Å². The van der Waals surface area contributed by atoms with Crippen LogP contribution < -0.4 is 4.74 Å². The average Bonchev–Trinajstić information content (AvgIpc) is 2.62. The zero-order valence-corrected chi connectivity index (χ0v) is 13.2. The van der Waals surface area contributed by atoms with Crippen LogP contribution in [0.15, 0.2) is 61.2 Å². The minimum absolute atomic E-state index is 0.192. The highest BCUT2D eigenvalue weighted by atomic mass is 19.1. The molecular weight excluding hydrogens is 311 g/mol. The minimum atomic E-state index is -0.462. The van der Waals surface area contributed by atoms with Crippen molar-refractivity contribution >= 4 is 5.97 Å². The largest absolute Gasteiger partial charge is 0.491 e. The van der Waals surface area contributed by atoms with E-state index < -0.39 is 5.97 Å². The molecule has 2 aromatic carbocycles. The molecule has 0 unspecified atom stereocenters. The van der Waals surface area contributed by atoms with Crippen molar-refractivity contribution < 1.29 is 23.4 Å². The molecule has 2 rings (SSSR count). The summed E-state index contributed by atoms with van der Waals surface area (Å²) in [6.07, 6.45) is 1.11. The third-order valence-electron chi connectivity index (χ3n) is 3.17. The van der Waals surface area contributed by atoms with Crippen LogP contribution in [0.3, 0.4) is 0 Å². The van der Waals surface area contributed by atoms with Crippen LogP contribution in [-0.4, -0.2) is 32.4 Å². The first-order chi connectivity index (χ1) is 11.7. The number of carbonyl (C=O) groups is 1. The van der Waals surface area contributed by atoms with E-state index in [1.165, 1.54) is 12.1 Å². The van der Waals surface area contributed by atoms with Gasteiger partial charge in [0.15, 0.2) is 0 Å². The van der Waals surface area contributed by atoms with Crippen molar-refractivity contribution in [2.75, 3.05) is 26.4 Å².